The second kappa shape index (κ2) is 6.86. The minimum atomic E-state index is -0.218. The van der Waals surface area contributed by atoms with E-state index in [4.69, 9.17) is 9.47 Å². The van der Waals surface area contributed by atoms with Crippen LogP contribution in [0.4, 0.5) is 0 Å². The van der Waals surface area contributed by atoms with Crippen molar-refractivity contribution in [2.75, 3.05) is 13.2 Å². The van der Waals surface area contributed by atoms with Crippen molar-refractivity contribution < 1.29 is 14.3 Å². The molecule has 0 aliphatic carbocycles. The Kier molecular flexibility index (Phi) is 4.40. The lowest BCUT2D eigenvalue weighted by Crippen LogP contribution is -2.38. The fraction of sp³-hybridized carbons (Fsp3) is 0.500. The van der Waals surface area contributed by atoms with E-state index in [1.807, 2.05) is 18.2 Å². The van der Waals surface area contributed by atoms with Crippen LogP contribution in [0.25, 0.3) is 0 Å². The fourth-order valence-electron chi connectivity index (χ4n) is 3.40. The van der Waals surface area contributed by atoms with Crippen LogP contribution < -0.4 is 20.5 Å². The minimum absolute atomic E-state index is 0.0430. The molecule has 0 spiro atoms. The summed E-state index contributed by atoms with van der Waals surface area (Å²) in [6.45, 7) is 2.09. The van der Waals surface area contributed by atoms with Crippen LogP contribution in [0.5, 0.6) is 11.5 Å². The van der Waals surface area contributed by atoms with Gasteiger partial charge in [0.1, 0.15) is 5.82 Å². The summed E-state index contributed by atoms with van der Waals surface area (Å²) in [4.78, 5) is 24.6. The molecule has 0 saturated heterocycles. The van der Waals surface area contributed by atoms with E-state index >= 15 is 0 Å². The van der Waals surface area contributed by atoms with Crippen LogP contribution in [-0.2, 0) is 31.4 Å². The summed E-state index contributed by atoms with van der Waals surface area (Å²) in [5.41, 5.74) is 0.790. The molecule has 2 aliphatic heterocycles. The molecule has 1 aromatic carbocycles. The Morgan fingerprint density at radius 1 is 1.31 bits per heavy atom. The lowest BCUT2D eigenvalue weighted by atomic mass is 9.98. The molecule has 1 atom stereocenters. The van der Waals surface area contributed by atoms with Gasteiger partial charge in [-0.1, -0.05) is 6.07 Å². The summed E-state index contributed by atoms with van der Waals surface area (Å²) in [5.74, 6) is 1.96. The normalized spacial score (nSPS) is 18.7. The number of nitrogens with one attached hydrogen (secondary N) is 1. The third-order valence-electron chi connectivity index (χ3n) is 4.85. The van der Waals surface area contributed by atoms with E-state index in [0.717, 1.165) is 29.3 Å². The summed E-state index contributed by atoms with van der Waals surface area (Å²) in [5, 5.41) is 7.17. The fourth-order valence-corrected chi connectivity index (χ4v) is 3.40. The molecule has 0 bridgehead atoms. The Bertz CT molecular complexity index is 886. The van der Waals surface area contributed by atoms with E-state index < -0.39 is 0 Å². The summed E-state index contributed by atoms with van der Waals surface area (Å²) in [6.07, 6.45) is 2.19. The van der Waals surface area contributed by atoms with Crippen molar-refractivity contribution in [2.45, 2.75) is 32.4 Å². The first-order valence-corrected chi connectivity index (χ1v) is 8.91. The molecule has 1 aromatic heterocycles. The van der Waals surface area contributed by atoms with Crippen molar-refractivity contribution in [2.24, 2.45) is 13.0 Å². The maximum Gasteiger partial charge on any atom is 0.345 e. The van der Waals surface area contributed by atoms with Crippen molar-refractivity contribution in [3.63, 3.8) is 0 Å². The Morgan fingerprint density at radius 3 is 2.96 bits per heavy atom. The zero-order chi connectivity index (χ0) is 18.1. The van der Waals surface area contributed by atoms with Gasteiger partial charge in [0, 0.05) is 33.0 Å². The van der Waals surface area contributed by atoms with Crippen LogP contribution in [0.1, 0.15) is 24.2 Å². The Balaban J connectivity index is 1.39. The number of hydrogen-bond acceptors (Lipinski definition) is 5. The van der Waals surface area contributed by atoms with Crippen LogP contribution in [0.3, 0.4) is 0 Å². The molecule has 1 N–H and O–H groups in total. The third kappa shape index (κ3) is 3.18. The molecule has 0 radical (unpaired) electrons. The van der Waals surface area contributed by atoms with Gasteiger partial charge in [-0.15, -0.1) is 0 Å². The zero-order valence-corrected chi connectivity index (χ0v) is 14.7. The van der Waals surface area contributed by atoms with Crippen molar-refractivity contribution in [3.8, 4) is 11.5 Å². The number of benzene rings is 1. The summed E-state index contributed by atoms with van der Waals surface area (Å²) in [7, 11) is 1.63. The first-order chi connectivity index (χ1) is 12.6. The predicted octanol–water partition coefficient (Wildman–Crippen LogP) is 0.622. The van der Waals surface area contributed by atoms with Gasteiger partial charge in [0.2, 0.25) is 5.91 Å². The lowest BCUT2D eigenvalue weighted by molar-refractivity contribution is -0.126. The number of ether oxygens (including phenoxy) is 2. The number of nitrogens with zero attached hydrogens (tertiary/aromatic N) is 3. The highest BCUT2D eigenvalue weighted by Crippen LogP contribution is 2.30. The summed E-state index contributed by atoms with van der Waals surface area (Å²) >= 11 is 0. The van der Waals surface area contributed by atoms with Gasteiger partial charge in [0.15, 0.2) is 11.5 Å². The largest absolute Gasteiger partial charge is 0.490 e. The van der Waals surface area contributed by atoms with Crippen molar-refractivity contribution in [1.82, 2.24) is 19.7 Å². The van der Waals surface area contributed by atoms with E-state index in [2.05, 4.69) is 10.4 Å². The molecule has 1 amide bonds. The topological polar surface area (TPSA) is 87.4 Å². The number of amides is 1. The second-order valence-electron chi connectivity index (χ2n) is 6.72. The molecule has 0 saturated carbocycles. The maximum absolute atomic E-state index is 12.5. The number of aryl methyl sites for hydroxylation is 2. The first kappa shape index (κ1) is 16.7. The van der Waals surface area contributed by atoms with E-state index in [1.54, 1.807) is 11.6 Å². The quantitative estimate of drug-likeness (QED) is 0.869. The van der Waals surface area contributed by atoms with E-state index in [0.29, 0.717) is 39.1 Å². The molecule has 26 heavy (non-hydrogen) atoms. The van der Waals surface area contributed by atoms with Gasteiger partial charge in [-0.2, -0.15) is 5.10 Å². The molecule has 0 fully saturated rings. The van der Waals surface area contributed by atoms with Crippen LogP contribution >= 0.6 is 0 Å². The highest BCUT2D eigenvalue weighted by molar-refractivity contribution is 5.78. The Morgan fingerprint density at radius 2 is 2.12 bits per heavy atom. The van der Waals surface area contributed by atoms with Crippen molar-refractivity contribution in [1.29, 1.82) is 0 Å². The van der Waals surface area contributed by atoms with Crippen LogP contribution in [0.2, 0.25) is 0 Å². The molecule has 8 heteroatoms. The van der Waals surface area contributed by atoms with Gasteiger partial charge < -0.3 is 14.8 Å². The number of hydrogen-bond donors (Lipinski definition) is 1. The number of carbonyl (C=O) groups is 1. The number of carbonyl (C=O) groups excluding carboxylic acids is 1. The molecule has 3 heterocycles. The van der Waals surface area contributed by atoms with Crippen LogP contribution in [-0.4, -0.2) is 33.5 Å². The average molecular weight is 358 g/mol. The van der Waals surface area contributed by atoms with E-state index in [9.17, 15) is 9.59 Å². The molecule has 4 rings (SSSR count). The van der Waals surface area contributed by atoms with Crippen molar-refractivity contribution in [3.05, 3.63) is 40.1 Å². The molecule has 8 nitrogen and oxygen atoms in total. The minimum Gasteiger partial charge on any atom is -0.490 e. The first-order valence-electron chi connectivity index (χ1n) is 8.91. The molecular formula is C18H22N4O4. The average Bonchev–Trinajstić information content (AvgIpc) is 2.82. The summed E-state index contributed by atoms with van der Waals surface area (Å²) in [6, 6.07) is 5.72. The molecule has 1 unspecified atom stereocenters. The smallest absolute Gasteiger partial charge is 0.345 e. The van der Waals surface area contributed by atoms with Crippen LogP contribution in [0.15, 0.2) is 23.0 Å². The SMILES string of the molecule is Cn1nc2n(c1=O)CC(C(=O)NCc1ccc3c(c1)OCCCO3)CC2. The molecular weight excluding hydrogens is 336 g/mol. The van der Waals surface area contributed by atoms with Gasteiger partial charge in [-0.25, -0.2) is 9.48 Å². The van der Waals surface area contributed by atoms with Gasteiger partial charge in [0.25, 0.3) is 0 Å². The number of aromatic nitrogens is 3. The highest BCUT2D eigenvalue weighted by atomic mass is 16.5. The maximum atomic E-state index is 12.5. The second-order valence-corrected chi connectivity index (χ2v) is 6.72. The standard InChI is InChI=1S/C18H22N4O4/c1-21-18(24)22-11-13(4-6-16(22)20-21)17(23)19-10-12-3-5-14-15(9-12)26-8-2-7-25-14/h3,5,9,13H,2,4,6-8,10-11H2,1H3,(H,19,23). The van der Waals surface area contributed by atoms with Crippen LogP contribution in [0, 0.1) is 5.92 Å². The Labute approximate surface area is 150 Å². The van der Waals surface area contributed by atoms with Gasteiger partial charge in [0.05, 0.1) is 19.1 Å². The Hall–Kier alpha value is -2.77. The highest BCUT2D eigenvalue weighted by Gasteiger charge is 2.27. The molecule has 2 aromatic rings. The van der Waals surface area contributed by atoms with Crippen molar-refractivity contribution >= 4 is 5.91 Å². The molecule has 138 valence electrons. The number of fused-ring (bicyclic) bond motifs is 2. The lowest BCUT2D eigenvalue weighted by Gasteiger charge is -2.21. The van der Waals surface area contributed by atoms with Gasteiger partial charge in [-0.3, -0.25) is 9.36 Å². The zero-order valence-electron chi connectivity index (χ0n) is 14.7. The number of rotatable bonds is 3. The summed E-state index contributed by atoms with van der Waals surface area (Å²) < 4.78 is 14.2. The monoisotopic (exact) mass is 358 g/mol. The van der Waals surface area contributed by atoms with Gasteiger partial charge in [-0.05, 0) is 24.1 Å². The van der Waals surface area contributed by atoms with E-state index in [-0.39, 0.29) is 17.5 Å². The predicted molar refractivity (Wildman–Crippen MR) is 93.2 cm³/mol. The van der Waals surface area contributed by atoms with Gasteiger partial charge >= 0.3 is 5.69 Å². The third-order valence-corrected chi connectivity index (χ3v) is 4.85. The van der Waals surface area contributed by atoms with E-state index in [1.165, 1.54) is 4.68 Å². The molecule has 2 aliphatic rings.